The first-order valence-corrected chi connectivity index (χ1v) is 6.61. The molecule has 0 fully saturated rings. The van der Waals surface area contributed by atoms with Crippen molar-refractivity contribution < 1.29 is 4.79 Å². The Morgan fingerprint density at radius 1 is 1.59 bits per heavy atom. The zero-order valence-electron chi connectivity index (χ0n) is 9.96. The van der Waals surface area contributed by atoms with Crippen molar-refractivity contribution in [2.45, 2.75) is 32.7 Å². The number of hydrogen-bond acceptors (Lipinski definition) is 2. The number of carbonyl (C=O) groups is 1. The normalized spacial score (nSPS) is 11.6. The Labute approximate surface area is 115 Å². The number of benzene rings is 1. The van der Waals surface area contributed by atoms with Crippen LogP contribution in [0.5, 0.6) is 0 Å². The van der Waals surface area contributed by atoms with Crippen LogP contribution < -0.4 is 5.32 Å². The fourth-order valence-electron chi connectivity index (χ4n) is 1.49. The lowest BCUT2D eigenvalue weighted by atomic mass is 10.1. The SMILES string of the molecule is CCC(CC#N)NC(=O)c1cccc(C)c1I. The van der Waals surface area contributed by atoms with Gasteiger partial charge < -0.3 is 5.32 Å². The van der Waals surface area contributed by atoms with E-state index in [0.717, 1.165) is 15.6 Å². The largest absolute Gasteiger partial charge is 0.348 e. The van der Waals surface area contributed by atoms with Crippen molar-refractivity contribution in [1.29, 1.82) is 5.26 Å². The maximum Gasteiger partial charge on any atom is 0.252 e. The molecule has 0 spiro atoms. The van der Waals surface area contributed by atoms with Crippen LogP contribution >= 0.6 is 22.6 Å². The Balaban J connectivity index is 2.83. The lowest BCUT2D eigenvalue weighted by molar-refractivity contribution is 0.0935. The molecule has 0 aliphatic rings. The molecule has 1 atom stereocenters. The predicted molar refractivity (Wildman–Crippen MR) is 75.7 cm³/mol. The zero-order valence-corrected chi connectivity index (χ0v) is 12.1. The van der Waals surface area contributed by atoms with Crippen LogP contribution in [0.4, 0.5) is 0 Å². The molecule has 1 amide bonds. The van der Waals surface area contributed by atoms with Crippen LogP contribution in [0, 0.1) is 21.8 Å². The minimum atomic E-state index is -0.0970. The first-order chi connectivity index (χ1) is 8.10. The van der Waals surface area contributed by atoms with Gasteiger partial charge in [0.25, 0.3) is 5.91 Å². The lowest BCUT2D eigenvalue weighted by Crippen LogP contribution is -2.34. The molecule has 0 saturated heterocycles. The van der Waals surface area contributed by atoms with Crippen LogP contribution in [-0.4, -0.2) is 11.9 Å². The highest BCUT2D eigenvalue weighted by atomic mass is 127. The summed E-state index contributed by atoms with van der Waals surface area (Å²) in [4.78, 5) is 12.0. The lowest BCUT2D eigenvalue weighted by Gasteiger charge is -2.14. The monoisotopic (exact) mass is 342 g/mol. The molecule has 90 valence electrons. The molecule has 0 saturated carbocycles. The van der Waals surface area contributed by atoms with E-state index in [1.165, 1.54) is 0 Å². The Kier molecular flexibility index (Phi) is 5.42. The molecule has 0 heterocycles. The van der Waals surface area contributed by atoms with E-state index in [1.54, 1.807) is 0 Å². The highest BCUT2D eigenvalue weighted by Gasteiger charge is 2.14. The van der Waals surface area contributed by atoms with Crippen molar-refractivity contribution in [1.82, 2.24) is 5.32 Å². The molecule has 1 aromatic carbocycles. The number of nitriles is 1. The standard InChI is InChI=1S/C13H15IN2O/c1-3-10(7-8-15)16-13(17)11-6-4-5-9(2)12(11)14/h4-6,10H,3,7H2,1-2H3,(H,16,17). The summed E-state index contributed by atoms with van der Waals surface area (Å²) >= 11 is 2.17. The number of aryl methyl sites for hydroxylation is 1. The third kappa shape index (κ3) is 3.70. The molecule has 0 radical (unpaired) electrons. The Morgan fingerprint density at radius 3 is 2.88 bits per heavy atom. The van der Waals surface area contributed by atoms with E-state index in [0.29, 0.717) is 12.0 Å². The van der Waals surface area contributed by atoms with Crippen LogP contribution in [0.25, 0.3) is 0 Å². The second-order valence-corrected chi connectivity index (χ2v) is 4.96. The Bertz CT molecular complexity index is 451. The number of amides is 1. The van der Waals surface area contributed by atoms with Crippen LogP contribution in [0.2, 0.25) is 0 Å². The molecule has 3 nitrogen and oxygen atoms in total. The van der Waals surface area contributed by atoms with Gasteiger partial charge in [0.05, 0.1) is 18.1 Å². The highest BCUT2D eigenvalue weighted by molar-refractivity contribution is 14.1. The molecular weight excluding hydrogens is 327 g/mol. The summed E-state index contributed by atoms with van der Waals surface area (Å²) in [6, 6.07) is 7.68. The van der Waals surface area contributed by atoms with Crippen molar-refractivity contribution in [2.24, 2.45) is 0 Å². The second-order valence-electron chi connectivity index (χ2n) is 3.88. The summed E-state index contributed by atoms with van der Waals surface area (Å²) < 4.78 is 0.967. The summed E-state index contributed by atoms with van der Waals surface area (Å²) in [5, 5.41) is 11.5. The minimum Gasteiger partial charge on any atom is -0.348 e. The predicted octanol–water partition coefficient (Wildman–Crippen LogP) is 3.02. The molecule has 0 aliphatic carbocycles. The van der Waals surface area contributed by atoms with Crippen LogP contribution in [0.1, 0.15) is 35.7 Å². The summed E-state index contributed by atoms with van der Waals surface area (Å²) in [6.45, 7) is 3.94. The minimum absolute atomic E-state index is 0.0659. The van der Waals surface area contributed by atoms with E-state index in [2.05, 4.69) is 34.0 Å². The second kappa shape index (κ2) is 6.60. The van der Waals surface area contributed by atoms with Crippen LogP contribution in [-0.2, 0) is 0 Å². The molecule has 0 bridgehead atoms. The van der Waals surface area contributed by atoms with Gasteiger partial charge in [-0.25, -0.2) is 0 Å². The summed E-state index contributed by atoms with van der Waals surface area (Å²) in [5.74, 6) is -0.0970. The van der Waals surface area contributed by atoms with Gasteiger partial charge in [0, 0.05) is 9.61 Å². The molecule has 1 unspecified atom stereocenters. The van der Waals surface area contributed by atoms with E-state index < -0.39 is 0 Å². The van der Waals surface area contributed by atoms with Crippen LogP contribution in [0.3, 0.4) is 0 Å². The maximum absolute atomic E-state index is 12.0. The summed E-state index contributed by atoms with van der Waals surface area (Å²) in [7, 11) is 0. The highest BCUT2D eigenvalue weighted by Crippen LogP contribution is 2.16. The third-order valence-electron chi connectivity index (χ3n) is 2.60. The number of carbonyl (C=O) groups excluding carboxylic acids is 1. The van der Waals surface area contributed by atoms with Crippen molar-refractivity contribution in [3.8, 4) is 6.07 Å². The van der Waals surface area contributed by atoms with Crippen molar-refractivity contribution >= 4 is 28.5 Å². The smallest absolute Gasteiger partial charge is 0.252 e. The number of nitrogens with one attached hydrogen (secondary N) is 1. The zero-order chi connectivity index (χ0) is 12.8. The van der Waals surface area contributed by atoms with Gasteiger partial charge in [-0.1, -0.05) is 19.1 Å². The fraction of sp³-hybridized carbons (Fsp3) is 0.385. The molecule has 17 heavy (non-hydrogen) atoms. The molecule has 1 N–H and O–H groups in total. The topological polar surface area (TPSA) is 52.9 Å². The van der Waals surface area contributed by atoms with Gasteiger partial charge in [0.15, 0.2) is 0 Å². The van der Waals surface area contributed by atoms with E-state index >= 15 is 0 Å². The van der Waals surface area contributed by atoms with Gasteiger partial charge in [0.2, 0.25) is 0 Å². The van der Waals surface area contributed by atoms with Gasteiger partial charge in [-0.15, -0.1) is 0 Å². The maximum atomic E-state index is 12.0. The summed E-state index contributed by atoms with van der Waals surface area (Å²) in [5.41, 5.74) is 1.77. The average molecular weight is 342 g/mol. The molecule has 1 aromatic rings. The molecule has 1 rings (SSSR count). The molecule has 0 aliphatic heterocycles. The number of rotatable bonds is 4. The van der Waals surface area contributed by atoms with Gasteiger partial charge >= 0.3 is 0 Å². The van der Waals surface area contributed by atoms with Crippen molar-refractivity contribution in [3.63, 3.8) is 0 Å². The molecular formula is C13H15IN2O. The quantitative estimate of drug-likeness (QED) is 0.856. The van der Waals surface area contributed by atoms with Crippen molar-refractivity contribution in [2.75, 3.05) is 0 Å². The average Bonchev–Trinajstić information content (AvgIpc) is 2.31. The van der Waals surface area contributed by atoms with E-state index in [-0.39, 0.29) is 11.9 Å². The van der Waals surface area contributed by atoms with Gasteiger partial charge in [-0.05, 0) is 47.6 Å². The van der Waals surface area contributed by atoms with E-state index in [4.69, 9.17) is 5.26 Å². The fourth-order valence-corrected chi connectivity index (χ4v) is 2.10. The van der Waals surface area contributed by atoms with Gasteiger partial charge in [0.1, 0.15) is 0 Å². The van der Waals surface area contributed by atoms with Crippen LogP contribution in [0.15, 0.2) is 18.2 Å². The Morgan fingerprint density at radius 2 is 2.29 bits per heavy atom. The number of hydrogen-bond donors (Lipinski definition) is 1. The van der Waals surface area contributed by atoms with Gasteiger partial charge in [-0.2, -0.15) is 5.26 Å². The first kappa shape index (κ1) is 14.0. The van der Waals surface area contributed by atoms with E-state index in [1.807, 2.05) is 32.0 Å². The molecule has 0 aromatic heterocycles. The van der Waals surface area contributed by atoms with Crippen molar-refractivity contribution in [3.05, 3.63) is 32.9 Å². The number of nitrogens with zero attached hydrogens (tertiary/aromatic N) is 1. The van der Waals surface area contributed by atoms with E-state index in [9.17, 15) is 4.79 Å². The number of halogens is 1. The molecule has 4 heteroatoms. The summed E-state index contributed by atoms with van der Waals surface area (Å²) in [6.07, 6.45) is 1.12. The first-order valence-electron chi connectivity index (χ1n) is 5.53. The van der Waals surface area contributed by atoms with Gasteiger partial charge in [-0.3, -0.25) is 4.79 Å². The Hall–Kier alpha value is -1.09. The third-order valence-corrected chi connectivity index (χ3v) is 4.03.